The van der Waals surface area contributed by atoms with Gasteiger partial charge in [-0.25, -0.2) is 19.2 Å². The van der Waals surface area contributed by atoms with Gasteiger partial charge in [0.2, 0.25) is 0 Å². The maximum absolute atomic E-state index is 12.4. The number of alkyl halides is 5. The van der Waals surface area contributed by atoms with E-state index >= 15 is 0 Å². The molecule has 0 saturated heterocycles. The van der Waals surface area contributed by atoms with Crippen molar-refractivity contribution >= 4 is 232 Å². The first-order valence-electron chi connectivity index (χ1n) is 30.9. The van der Waals surface area contributed by atoms with Crippen LogP contribution < -0.4 is 14.2 Å². The van der Waals surface area contributed by atoms with Gasteiger partial charge in [-0.1, -0.05) is 135 Å². The molecule has 0 bridgehead atoms. The van der Waals surface area contributed by atoms with Crippen LogP contribution in [0.3, 0.4) is 0 Å². The number of phenolic OH excluding ortho intramolecular Hbond substituents is 1. The molecule has 470 valence electrons. The van der Waals surface area contributed by atoms with Crippen LogP contribution in [0.1, 0.15) is 123 Å². The molecule has 0 saturated carbocycles. The smallest absolute Gasteiger partial charge is 0.338 e. The van der Waals surface area contributed by atoms with Gasteiger partial charge in [0, 0.05) is 161 Å². The van der Waals surface area contributed by atoms with Crippen LogP contribution in [-0.2, 0) is 18.9 Å². The first-order valence-corrected chi connectivity index (χ1v) is 36.5. The zero-order valence-corrected chi connectivity index (χ0v) is 63.0. The van der Waals surface area contributed by atoms with Crippen molar-refractivity contribution in [2.45, 2.75) is 81.1 Å². The number of carbonyl (C=O) groups is 4. The van der Waals surface area contributed by atoms with Gasteiger partial charge in [-0.3, -0.25) is 0 Å². The van der Waals surface area contributed by atoms with Crippen LogP contribution in [0.25, 0.3) is 0 Å². The van der Waals surface area contributed by atoms with Crippen molar-refractivity contribution in [3.8, 4) is 23.0 Å². The molecule has 0 aliphatic carbocycles. The highest BCUT2D eigenvalue weighted by atomic mass is 79.9. The fourth-order valence-electron chi connectivity index (χ4n) is 8.02. The van der Waals surface area contributed by atoms with Gasteiger partial charge >= 0.3 is 23.9 Å². The number of rotatable bonds is 37. The second kappa shape index (κ2) is 48.3. The van der Waals surface area contributed by atoms with E-state index < -0.39 is 56.5 Å². The van der Waals surface area contributed by atoms with Crippen molar-refractivity contribution in [2.24, 2.45) is 34.5 Å². The lowest BCUT2D eigenvalue weighted by atomic mass is 8.41. The number of esters is 4. The maximum atomic E-state index is 12.4. The molecular formula is C58H77B18Br5O12. The van der Waals surface area contributed by atoms with E-state index in [4.69, 9.17) is 116 Å². The zero-order valence-electron chi connectivity index (χ0n) is 55.1. The number of aromatic hydroxyl groups is 1. The molecule has 35 heteroatoms. The minimum atomic E-state index is -0.853. The molecule has 0 unspecified atom stereocenters. The van der Waals surface area contributed by atoms with Gasteiger partial charge in [-0.05, 0) is 146 Å². The summed E-state index contributed by atoms with van der Waals surface area (Å²) in [5.41, 5.74) is 1.46. The van der Waals surface area contributed by atoms with E-state index in [1.54, 1.807) is 84.9 Å². The third-order valence-electron chi connectivity index (χ3n) is 14.3. The van der Waals surface area contributed by atoms with Crippen molar-refractivity contribution in [1.82, 2.24) is 0 Å². The first-order chi connectivity index (χ1) is 43.8. The summed E-state index contributed by atoms with van der Waals surface area (Å²) in [5.74, 6) is 2.26. The Hall–Kier alpha value is -2.47. The molecule has 93 heavy (non-hydrogen) atoms. The lowest BCUT2D eigenvalue weighted by Gasteiger charge is -2.40. The molecule has 1 N–H and O–H groups in total. The summed E-state index contributed by atoms with van der Waals surface area (Å²) in [4.78, 5) is 48.8. The Labute approximate surface area is 614 Å². The van der Waals surface area contributed by atoms with E-state index in [1.165, 1.54) is 12.1 Å². The SMILES string of the molecule is BrCC(CBr)(CBr)CBr.CC(C)CCOC(=O)c1ccc(O)cc1.CC(C)CCOC(=O)c1ccc(OCC(CBr)(COc2ccc(C(=O)OCCC(C)C)cc2)COc2ccc(C(=O)OCCC(C)C)cc2)cc1.[B]B([B])B(B([B])[B])B(B([B])[B])B(B([B])[B])B([B])[B]. The standard InChI is InChI=1S/C41H53BrO9.C12H16O3.C5H8Br4.B18/c1-29(2)19-22-46-38(43)32-7-13-35(14-8-32)49-26-41(25-42,27-50-36-15-9-33(10-16-36)39(44)47-23-20-30(3)4)28-51-37-17-11-34(12-18-37)40(45)48-24-21-31(5)6;1-9(2)7-8-15-12(14)10-3-5-11(13)6-4-10;6-1-5(2-7,3-8)4-9;1-11(2)16(12(3)4)18(15(9)10)17(13(5)6)14(7)8/h7-18,29-31H,19-28H2,1-6H3;3-6,9,13H,7-8H2,1-2H3;1-4H2;. The molecule has 0 aliphatic heterocycles. The van der Waals surface area contributed by atoms with Crippen molar-refractivity contribution in [1.29, 1.82) is 0 Å². The number of halogens is 5. The van der Waals surface area contributed by atoms with E-state index in [0.29, 0.717) is 100 Å². The third kappa shape index (κ3) is 35.7. The van der Waals surface area contributed by atoms with Crippen LogP contribution in [0.4, 0.5) is 0 Å². The maximum Gasteiger partial charge on any atom is 0.338 e. The lowest BCUT2D eigenvalue weighted by Crippen LogP contribution is -2.78. The highest BCUT2D eigenvalue weighted by Gasteiger charge is 2.42. The van der Waals surface area contributed by atoms with E-state index in [-0.39, 0.29) is 49.4 Å². The minimum Gasteiger partial charge on any atom is -0.508 e. The summed E-state index contributed by atoms with van der Waals surface area (Å²) < 4.78 is 39.9. The zero-order chi connectivity index (χ0) is 70.4. The van der Waals surface area contributed by atoms with Gasteiger partial charge in [-0.15, -0.1) is 0 Å². The molecule has 0 atom stereocenters. The van der Waals surface area contributed by atoms with Gasteiger partial charge in [0.1, 0.15) is 42.8 Å². The molecule has 4 aromatic rings. The fraction of sp³-hybridized carbons (Fsp3) is 0.517. The highest BCUT2D eigenvalue weighted by Crippen LogP contribution is 2.29. The Kier molecular flexibility index (Phi) is 46.0. The first kappa shape index (κ1) is 88.5. The molecule has 4 aromatic carbocycles. The predicted molar refractivity (Wildman–Crippen MR) is 420 cm³/mol. The molecule has 0 amide bonds. The molecule has 4 rings (SSSR count). The Balaban J connectivity index is 0.000000826. The second-order valence-electron chi connectivity index (χ2n) is 24.5. The summed E-state index contributed by atoms with van der Waals surface area (Å²) in [6.07, 6.45) is -2.77. The topological polar surface area (TPSA) is 153 Å². The number of hydrogen-bond donors (Lipinski definition) is 1. The summed E-state index contributed by atoms with van der Waals surface area (Å²) in [6.45, 7) is 18.8. The average Bonchev–Trinajstić information content (AvgIpc) is 1.56. The molecule has 0 aliphatic rings. The normalized spacial score (nSPS) is 10.8. The van der Waals surface area contributed by atoms with Crippen molar-refractivity contribution in [2.75, 3.05) is 72.9 Å². The van der Waals surface area contributed by atoms with Crippen molar-refractivity contribution < 1.29 is 57.4 Å². The van der Waals surface area contributed by atoms with Crippen molar-refractivity contribution in [3.05, 3.63) is 119 Å². The van der Waals surface area contributed by atoms with Crippen LogP contribution in [0.15, 0.2) is 97.1 Å². The van der Waals surface area contributed by atoms with Crippen LogP contribution in [-0.4, -0.2) is 230 Å². The van der Waals surface area contributed by atoms with Crippen LogP contribution in [0.5, 0.6) is 23.0 Å². The monoisotopic (exact) mass is 1560 g/mol. The summed E-state index contributed by atoms with van der Waals surface area (Å²) in [6, 6.07) is 26.5. The molecule has 0 fully saturated rings. The number of phenols is 1. The van der Waals surface area contributed by atoms with Gasteiger partial charge < -0.3 is 38.3 Å². The Morgan fingerprint density at radius 1 is 0.355 bits per heavy atom. The third-order valence-corrected chi connectivity index (χ3v) is 20.2. The Morgan fingerprint density at radius 3 is 0.731 bits per heavy atom. The van der Waals surface area contributed by atoms with Crippen LogP contribution in [0.2, 0.25) is 0 Å². The van der Waals surface area contributed by atoms with E-state index in [0.717, 1.165) is 47.0 Å². The van der Waals surface area contributed by atoms with Crippen LogP contribution in [0, 0.1) is 34.5 Å². The Morgan fingerprint density at radius 2 is 0.559 bits per heavy atom. The Bertz CT molecular complexity index is 2470. The molecule has 12 nitrogen and oxygen atoms in total. The van der Waals surface area contributed by atoms with Crippen LogP contribution >= 0.6 is 79.6 Å². The van der Waals surface area contributed by atoms with E-state index in [9.17, 15) is 19.2 Å². The second-order valence-corrected chi connectivity index (χ2v) is 27.4. The number of carbonyl (C=O) groups excluding carboxylic acids is 4. The largest absolute Gasteiger partial charge is 0.508 e. The molecule has 0 spiro atoms. The fourth-order valence-corrected chi connectivity index (χ4v) is 14.1. The van der Waals surface area contributed by atoms with Crippen molar-refractivity contribution in [3.63, 3.8) is 0 Å². The summed E-state index contributed by atoms with van der Waals surface area (Å²) in [5, 5.41) is 13.6. The number of hydrogen-bond acceptors (Lipinski definition) is 12. The number of ether oxygens (including phenoxy) is 7. The molecular weight excluding hydrogens is 1480 g/mol. The summed E-state index contributed by atoms with van der Waals surface area (Å²) in [7, 11) is 56.7. The predicted octanol–water partition coefficient (Wildman–Crippen LogP) is 8.51. The number of benzene rings is 4. The van der Waals surface area contributed by atoms with Gasteiger partial charge in [-0.2, -0.15) is 0 Å². The van der Waals surface area contributed by atoms with Gasteiger partial charge in [0.15, 0.2) is 0 Å². The van der Waals surface area contributed by atoms with Gasteiger partial charge in [0.05, 0.1) is 54.1 Å². The van der Waals surface area contributed by atoms with Gasteiger partial charge in [0.25, 0.3) is 0 Å². The quantitative estimate of drug-likeness (QED) is 0.0200. The van der Waals surface area contributed by atoms with E-state index in [2.05, 4.69) is 135 Å². The lowest BCUT2D eigenvalue weighted by molar-refractivity contribution is 0.0477. The molecule has 20 radical (unpaired) electrons. The minimum absolute atomic E-state index is 0.147. The summed E-state index contributed by atoms with van der Waals surface area (Å²) >= 11 is 17.5. The van der Waals surface area contributed by atoms with E-state index in [1.807, 2.05) is 0 Å². The molecule has 0 heterocycles. The average molecular weight is 1560 g/mol. The molecule has 0 aromatic heterocycles. The highest BCUT2D eigenvalue weighted by molar-refractivity contribution is 9.11.